The smallest absolute Gasteiger partial charge is 0.222 e. The topological polar surface area (TPSA) is 50.2 Å². The van der Waals surface area contributed by atoms with E-state index in [2.05, 4.69) is 33.3 Å². The summed E-state index contributed by atoms with van der Waals surface area (Å²) in [5.41, 5.74) is 0. The average molecular weight is 315 g/mol. The highest BCUT2D eigenvalue weighted by molar-refractivity contribution is 9.10. The maximum absolute atomic E-state index is 11.4. The van der Waals surface area contributed by atoms with Crippen molar-refractivity contribution < 1.29 is 4.79 Å². The quantitative estimate of drug-likeness (QED) is 0.910. The van der Waals surface area contributed by atoms with Crippen molar-refractivity contribution in [3.8, 4) is 0 Å². The minimum atomic E-state index is 0.247. The third kappa shape index (κ3) is 3.55. The Balaban J connectivity index is 1.80. The number of aromatic nitrogens is 2. The largest absolute Gasteiger partial charge is 0.344 e. The van der Waals surface area contributed by atoms with Gasteiger partial charge in [0.25, 0.3) is 0 Å². The zero-order valence-corrected chi connectivity index (χ0v) is 12.4. The van der Waals surface area contributed by atoms with Crippen LogP contribution in [0.15, 0.2) is 16.9 Å². The first-order chi connectivity index (χ1) is 8.54. The minimum Gasteiger partial charge on any atom is -0.344 e. The van der Waals surface area contributed by atoms with Crippen LogP contribution >= 0.6 is 15.9 Å². The zero-order valence-electron chi connectivity index (χ0n) is 10.8. The number of nitrogens with one attached hydrogen (secondary N) is 1. The number of hydrogen-bond donors (Lipinski definition) is 1. The molecule has 0 spiro atoms. The third-order valence-corrected chi connectivity index (χ3v) is 3.62. The maximum Gasteiger partial charge on any atom is 0.222 e. The number of hydrogen-bond acceptors (Lipinski definition) is 3. The van der Waals surface area contributed by atoms with Gasteiger partial charge >= 0.3 is 0 Å². The Morgan fingerprint density at radius 1 is 1.67 bits per heavy atom. The Morgan fingerprint density at radius 3 is 3.06 bits per heavy atom. The Bertz CT molecular complexity index is 420. The summed E-state index contributed by atoms with van der Waals surface area (Å²) in [4.78, 5) is 13.2. The molecular weight excluding hydrogens is 296 g/mol. The molecule has 1 aliphatic heterocycles. The SMILES string of the molecule is CC(Cn1cc(Br)cn1)NC1CCC(=O)N(C)C1. The van der Waals surface area contributed by atoms with Crippen LogP contribution in [0.1, 0.15) is 19.8 Å². The lowest BCUT2D eigenvalue weighted by Crippen LogP contribution is -2.50. The maximum atomic E-state index is 11.4. The molecular formula is C12H19BrN4O. The molecule has 0 bridgehead atoms. The first-order valence-corrected chi connectivity index (χ1v) is 7.02. The van der Waals surface area contributed by atoms with Gasteiger partial charge < -0.3 is 10.2 Å². The van der Waals surface area contributed by atoms with Crippen molar-refractivity contribution in [2.24, 2.45) is 0 Å². The first-order valence-electron chi connectivity index (χ1n) is 6.22. The molecule has 18 heavy (non-hydrogen) atoms. The molecule has 100 valence electrons. The molecule has 1 amide bonds. The molecule has 1 fully saturated rings. The van der Waals surface area contributed by atoms with E-state index in [1.807, 2.05) is 17.9 Å². The number of rotatable bonds is 4. The van der Waals surface area contributed by atoms with E-state index in [9.17, 15) is 4.79 Å². The number of likely N-dealkylation sites (N-methyl/N-ethyl adjacent to an activating group) is 1. The molecule has 1 N–H and O–H groups in total. The molecule has 2 unspecified atom stereocenters. The van der Waals surface area contributed by atoms with E-state index in [-0.39, 0.29) is 5.91 Å². The molecule has 6 heteroatoms. The summed E-state index contributed by atoms with van der Waals surface area (Å²) in [6.07, 6.45) is 5.33. The first kappa shape index (κ1) is 13.5. The van der Waals surface area contributed by atoms with Gasteiger partial charge in [0, 0.05) is 38.3 Å². The van der Waals surface area contributed by atoms with Crippen molar-refractivity contribution in [1.82, 2.24) is 20.0 Å². The number of halogens is 1. The van der Waals surface area contributed by atoms with Crippen molar-refractivity contribution in [3.63, 3.8) is 0 Å². The lowest BCUT2D eigenvalue weighted by atomic mass is 10.0. The van der Waals surface area contributed by atoms with Crippen LogP contribution in [0, 0.1) is 0 Å². The predicted molar refractivity (Wildman–Crippen MR) is 73.2 cm³/mol. The Labute approximate surface area is 116 Å². The fourth-order valence-electron chi connectivity index (χ4n) is 2.32. The summed E-state index contributed by atoms with van der Waals surface area (Å²) in [6.45, 7) is 3.78. The molecule has 2 atom stereocenters. The van der Waals surface area contributed by atoms with Gasteiger partial charge in [-0.25, -0.2) is 0 Å². The molecule has 1 aliphatic rings. The van der Waals surface area contributed by atoms with Crippen LogP contribution in [-0.2, 0) is 11.3 Å². The van der Waals surface area contributed by atoms with Crippen LogP contribution in [0.4, 0.5) is 0 Å². The highest BCUT2D eigenvalue weighted by Crippen LogP contribution is 2.11. The fourth-order valence-corrected chi connectivity index (χ4v) is 2.65. The summed E-state index contributed by atoms with van der Waals surface area (Å²) in [7, 11) is 1.87. The summed E-state index contributed by atoms with van der Waals surface area (Å²) in [5.74, 6) is 0.247. The van der Waals surface area contributed by atoms with Gasteiger partial charge in [-0.2, -0.15) is 5.10 Å². The molecule has 0 radical (unpaired) electrons. The van der Waals surface area contributed by atoms with E-state index in [0.29, 0.717) is 18.5 Å². The highest BCUT2D eigenvalue weighted by atomic mass is 79.9. The van der Waals surface area contributed by atoms with Gasteiger partial charge in [-0.05, 0) is 29.3 Å². The lowest BCUT2D eigenvalue weighted by molar-refractivity contribution is -0.132. The Hall–Kier alpha value is -0.880. The van der Waals surface area contributed by atoms with E-state index >= 15 is 0 Å². The second kappa shape index (κ2) is 5.84. The number of carbonyl (C=O) groups is 1. The van der Waals surface area contributed by atoms with Gasteiger partial charge in [-0.1, -0.05) is 0 Å². The van der Waals surface area contributed by atoms with Crippen LogP contribution in [0.3, 0.4) is 0 Å². The molecule has 5 nitrogen and oxygen atoms in total. The number of amides is 1. The summed E-state index contributed by atoms with van der Waals surface area (Å²) >= 11 is 3.39. The molecule has 0 saturated carbocycles. The van der Waals surface area contributed by atoms with Crippen molar-refractivity contribution >= 4 is 21.8 Å². The molecule has 2 heterocycles. The number of carbonyl (C=O) groups excluding carboxylic acids is 1. The second-order valence-electron chi connectivity index (χ2n) is 4.96. The summed E-state index contributed by atoms with van der Waals surface area (Å²) in [6, 6.07) is 0.727. The van der Waals surface area contributed by atoms with Crippen molar-refractivity contribution in [2.45, 2.75) is 38.4 Å². The predicted octanol–water partition coefficient (Wildman–Crippen LogP) is 1.24. The lowest BCUT2D eigenvalue weighted by Gasteiger charge is -2.32. The minimum absolute atomic E-state index is 0.247. The Kier molecular flexibility index (Phi) is 4.40. The number of likely N-dealkylation sites (tertiary alicyclic amines) is 1. The highest BCUT2D eigenvalue weighted by Gasteiger charge is 2.23. The van der Waals surface area contributed by atoms with Gasteiger partial charge in [0.2, 0.25) is 5.91 Å². The van der Waals surface area contributed by atoms with Gasteiger partial charge in [0.05, 0.1) is 17.2 Å². The van der Waals surface area contributed by atoms with E-state index < -0.39 is 0 Å². The third-order valence-electron chi connectivity index (χ3n) is 3.21. The van der Waals surface area contributed by atoms with Crippen LogP contribution in [-0.4, -0.2) is 46.3 Å². The van der Waals surface area contributed by atoms with Gasteiger partial charge in [-0.3, -0.25) is 9.48 Å². The molecule has 1 aromatic rings. The standard InChI is InChI=1S/C12H19BrN4O/c1-9(6-17-7-10(13)5-14-17)15-11-3-4-12(18)16(2)8-11/h5,7,9,11,15H,3-4,6,8H2,1-2H3. The number of piperidine rings is 1. The van der Waals surface area contributed by atoms with Gasteiger partial charge in [0.1, 0.15) is 0 Å². The van der Waals surface area contributed by atoms with E-state index in [4.69, 9.17) is 0 Å². The fraction of sp³-hybridized carbons (Fsp3) is 0.667. The van der Waals surface area contributed by atoms with Gasteiger partial charge in [0.15, 0.2) is 0 Å². The summed E-state index contributed by atoms with van der Waals surface area (Å²) in [5, 5.41) is 7.80. The molecule has 2 rings (SSSR count). The molecule has 1 aromatic heterocycles. The van der Waals surface area contributed by atoms with E-state index in [0.717, 1.165) is 24.0 Å². The van der Waals surface area contributed by atoms with E-state index in [1.54, 1.807) is 11.1 Å². The van der Waals surface area contributed by atoms with Gasteiger partial charge in [-0.15, -0.1) is 0 Å². The molecule has 0 aliphatic carbocycles. The van der Waals surface area contributed by atoms with Crippen molar-refractivity contribution in [1.29, 1.82) is 0 Å². The summed E-state index contributed by atoms with van der Waals surface area (Å²) < 4.78 is 2.91. The van der Waals surface area contributed by atoms with Crippen LogP contribution in [0.5, 0.6) is 0 Å². The van der Waals surface area contributed by atoms with E-state index in [1.165, 1.54) is 0 Å². The molecule has 0 aromatic carbocycles. The normalized spacial score (nSPS) is 22.3. The zero-order chi connectivity index (χ0) is 13.1. The monoisotopic (exact) mass is 314 g/mol. The number of nitrogens with zero attached hydrogens (tertiary/aromatic N) is 3. The van der Waals surface area contributed by atoms with Crippen LogP contribution in [0.25, 0.3) is 0 Å². The second-order valence-corrected chi connectivity index (χ2v) is 5.87. The van der Waals surface area contributed by atoms with Crippen LogP contribution in [0.2, 0.25) is 0 Å². The molecule has 1 saturated heterocycles. The van der Waals surface area contributed by atoms with Crippen molar-refractivity contribution in [2.75, 3.05) is 13.6 Å². The average Bonchev–Trinajstić information content (AvgIpc) is 2.69. The van der Waals surface area contributed by atoms with Crippen LogP contribution < -0.4 is 5.32 Å². The Morgan fingerprint density at radius 2 is 2.44 bits per heavy atom. The van der Waals surface area contributed by atoms with Crippen molar-refractivity contribution in [3.05, 3.63) is 16.9 Å².